The van der Waals surface area contributed by atoms with E-state index in [1.54, 1.807) is 12.1 Å². The van der Waals surface area contributed by atoms with E-state index >= 15 is 0 Å². The third kappa shape index (κ3) is 5.13. The number of rotatable bonds is 5. The van der Waals surface area contributed by atoms with Gasteiger partial charge in [0.05, 0.1) is 29.2 Å². The van der Waals surface area contributed by atoms with Crippen LogP contribution < -0.4 is 0 Å². The fraction of sp³-hybridized carbons (Fsp3) is 0.533. The Morgan fingerprint density at radius 2 is 2.00 bits per heavy atom. The fourth-order valence-electron chi connectivity index (χ4n) is 2.42. The van der Waals surface area contributed by atoms with Crippen LogP contribution in [-0.4, -0.2) is 41.9 Å². The number of piperidine rings is 1. The predicted octanol–water partition coefficient (Wildman–Crippen LogP) is 3.94. The highest BCUT2D eigenvalue weighted by atomic mass is 79.9. The molecule has 0 spiro atoms. The van der Waals surface area contributed by atoms with E-state index in [0.717, 1.165) is 43.4 Å². The Bertz CT molecular complexity index is 491. The predicted molar refractivity (Wildman–Crippen MR) is 89.5 cm³/mol. The van der Waals surface area contributed by atoms with Gasteiger partial charge in [-0.1, -0.05) is 45.2 Å². The summed E-state index contributed by atoms with van der Waals surface area (Å²) < 4.78 is 5.69. The van der Waals surface area contributed by atoms with Gasteiger partial charge in [0.2, 0.25) is 5.91 Å². The summed E-state index contributed by atoms with van der Waals surface area (Å²) in [6.07, 6.45) is 2.45. The van der Waals surface area contributed by atoms with Crippen LogP contribution in [0, 0.1) is 0 Å². The molecule has 1 saturated heterocycles. The van der Waals surface area contributed by atoms with Crippen LogP contribution in [0.1, 0.15) is 18.4 Å². The molecule has 1 aliphatic rings. The van der Waals surface area contributed by atoms with E-state index in [4.69, 9.17) is 27.9 Å². The van der Waals surface area contributed by atoms with Gasteiger partial charge in [0.25, 0.3) is 0 Å². The van der Waals surface area contributed by atoms with E-state index in [-0.39, 0.29) is 12.0 Å². The number of hydrogen-bond acceptors (Lipinski definition) is 2. The molecule has 1 aliphatic heterocycles. The number of nitrogens with zero attached hydrogens (tertiary/aromatic N) is 1. The van der Waals surface area contributed by atoms with Gasteiger partial charge < -0.3 is 9.64 Å². The molecule has 1 fully saturated rings. The number of carbonyl (C=O) groups is 1. The minimum atomic E-state index is 0.132. The number of benzene rings is 1. The lowest BCUT2D eigenvalue weighted by molar-refractivity contribution is -0.133. The Kier molecular flexibility index (Phi) is 6.80. The Balaban J connectivity index is 1.83. The lowest BCUT2D eigenvalue weighted by Crippen LogP contribution is -2.41. The molecule has 2 rings (SSSR count). The number of hydrogen-bond donors (Lipinski definition) is 0. The number of alkyl halides is 1. The molecule has 3 nitrogen and oxygen atoms in total. The first kappa shape index (κ1) is 17.1. The molecular weight excluding hydrogens is 377 g/mol. The molecule has 0 N–H and O–H groups in total. The summed E-state index contributed by atoms with van der Waals surface area (Å²) in [4.78, 5) is 14.2. The molecule has 21 heavy (non-hydrogen) atoms. The summed E-state index contributed by atoms with van der Waals surface area (Å²) >= 11 is 15.2. The quantitative estimate of drug-likeness (QED) is 0.708. The van der Waals surface area contributed by atoms with Gasteiger partial charge in [-0.2, -0.15) is 0 Å². The van der Waals surface area contributed by atoms with Crippen LogP contribution in [0.5, 0.6) is 0 Å². The first-order valence-corrected chi connectivity index (χ1v) is 8.87. The van der Waals surface area contributed by atoms with Crippen molar-refractivity contribution in [2.45, 2.75) is 25.4 Å². The highest BCUT2D eigenvalue weighted by molar-refractivity contribution is 9.09. The highest BCUT2D eigenvalue weighted by Gasteiger charge is 2.23. The molecule has 0 atom stereocenters. The SMILES string of the molecule is O=C(Cc1ccc(Cl)c(Cl)c1)N1CCC(OCCBr)CC1. The molecule has 1 amide bonds. The van der Waals surface area contributed by atoms with E-state index < -0.39 is 0 Å². The second-order valence-electron chi connectivity index (χ2n) is 5.07. The van der Waals surface area contributed by atoms with Crippen LogP contribution >= 0.6 is 39.1 Å². The van der Waals surface area contributed by atoms with Gasteiger partial charge in [-0.3, -0.25) is 4.79 Å². The standard InChI is InChI=1S/C15H18BrCl2NO2/c16-5-8-21-12-3-6-19(7-4-12)15(20)10-11-1-2-13(17)14(18)9-11/h1-2,9,12H,3-8,10H2. The molecule has 1 aromatic rings. The largest absolute Gasteiger partial charge is 0.377 e. The van der Waals surface area contributed by atoms with Gasteiger partial charge >= 0.3 is 0 Å². The third-order valence-corrected chi connectivity index (χ3v) is 4.63. The monoisotopic (exact) mass is 393 g/mol. The third-order valence-electron chi connectivity index (χ3n) is 3.56. The van der Waals surface area contributed by atoms with Gasteiger partial charge in [0.1, 0.15) is 0 Å². The number of carbonyl (C=O) groups excluding carboxylic acids is 1. The van der Waals surface area contributed by atoms with Crippen LogP contribution in [-0.2, 0) is 16.0 Å². The van der Waals surface area contributed by atoms with Crippen molar-refractivity contribution in [3.8, 4) is 0 Å². The zero-order valence-electron chi connectivity index (χ0n) is 11.7. The van der Waals surface area contributed by atoms with E-state index in [1.807, 2.05) is 11.0 Å². The second kappa shape index (κ2) is 8.37. The van der Waals surface area contributed by atoms with E-state index in [1.165, 1.54) is 0 Å². The lowest BCUT2D eigenvalue weighted by Gasteiger charge is -2.32. The van der Waals surface area contributed by atoms with Crippen molar-refractivity contribution in [3.63, 3.8) is 0 Å². The van der Waals surface area contributed by atoms with Crippen molar-refractivity contribution >= 4 is 45.0 Å². The molecule has 0 saturated carbocycles. The molecular formula is C15H18BrCl2NO2. The molecule has 116 valence electrons. The maximum Gasteiger partial charge on any atom is 0.226 e. The number of amides is 1. The second-order valence-corrected chi connectivity index (χ2v) is 6.67. The molecule has 0 aromatic heterocycles. The molecule has 0 aliphatic carbocycles. The summed E-state index contributed by atoms with van der Waals surface area (Å²) in [6.45, 7) is 2.24. The van der Waals surface area contributed by atoms with Gasteiger partial charge in [-0.05, 0) is 30.5 Å². The summed E-state index contributed by atoms with van der Waals surface area (Å²) in [7, 11) is 0. The Labute approximate surface area is 143 Å². The summed E-state index contributed by atoms with van der Waals surface area (Å²) in [5.41, 5.74) is 0.895. The Morgan fingerprint density at radius 3 is 2.62 bits per heavy atom. The normalized spacial score (nSPS) is 16.2. The molecule has 0 unspecified atom stereocenters. The summed E-state index contributed by atoms with van der Waals surface area (Å²) in [6, 6.07) is 5.33. The van der Waals surface area contributed by atoms with Crippen molar-refractivity contribution in [2.24, 2.45) is 0 Å². The van der Waals surface area contributed by atoms with Crippen LogP contribution in [0.4, 0.5) is 0 Å². The van der Waals surface area contributed by atoms with Gasteiger partial charge in [-0.15, -0.1) is 0 Å². The minimum Gasteiger partial charge on any atom is -0.377 e. The van der Waals surface area contributed by atoms with Crippen molar-refractivity contribution < 1.29 is 9.53 Å². The number of likely N-dealkylation sites (tertiary alicyclic amines) is 1. The van der Waals surface area contributed by atoms with Crippen molar-refractivity contribution in [1.82, 2.24) is 4.90 Å². The molecule has 1 aromatic carbocycles. The first-order valence-electron chi connectivity index (χ1n) is 6.99. The van der Waals surface area contributed by atoms with Crippen LogP contribution in [0.15, 0.2) is 18.2 Å². The molecule has 0 bridgehead atoms. The fourth-order valence-corrected chi connectivity index (χ4v) is 2.93. The molecule has 1 heterocycles. The zero-order chi connectivity index (χ0) is 15.2. The Morgan fingerprint density at radius 1 is 1.29 bits per heavy atom. The average Bonchev–Trinajstić information content (AvgIpc) is 2.49. The van der Waals surface area contributed by atoms with E-state index in [9.17, 15) is 4.79 Å². The molecule has 0 radical (unpaired) electrons. The van der Waals surface area contributed by atoms with Crippen LogP contribution in [0.2, 0.25) is 10.0 Å². The lowest BCUT2D eigenvalue weighted by atomic mass is 10.1. The van der Waals surface area contributed by atoms with Crippen molar-refractivity contribution in [1.29, 1.82) is 0 Å². The summed E-state index contributed by atoms with van der Waals surface area (Å²) in [5.74, 6) is 0.132. The van der Waals surface area contributed by atoms with E-state index in [0.29, 0.717) is 16.5 Å². The zero-order valence-corrected chi connectivity index (χ0v) is 14.8. The van der Waals surface area contributed by atoms with E-state index in [2.05, 4.69) is 15.9 Å². The van der Waals surface area contributed by atoms with Crippen LogP contribution in [0.3, 0.4) is 0 Å². The average molecular weight is 395 g/mol. The first-order chi connectivity index (χ1) is 10.1. The topological polar surface area (TPSA) is 29.5 Å². The number of ether oxygens (including phenoxy) is 1. The number of halogens is 3. The summed E-state index contributed by atoms with van der Waals surface area (Å²) in [5, 5.41) is 1.85. The smallest absolute Gasteiger partial charge is 0.226 e. The minimum absolute atomic E-state index is 0.132. The van der Waals surface area contributed by atoms with Crippen LogP contribution in [0.25, 0.3) is 0 Å². The van der Waals surface area contributed by atoms with Crippen molar-refractivity contribution in [3.05, 3.63) is 33.8 Å². The molecule has 6 heteroatoms. The van der Waals surface area contributed by atoms with Gasteiger partial charge in [0.15, 0.2) is 0 Å². The maximum atomic E-state index is 12.3. The van der Waals surface area contributed by atoms with Gasteiger partial charge in [-0.25, -0.2) is 0 Å². The van der Waals surface area contributed by atoms with Gasteiger partial charge in [0, 0.05) is 18.4 Å². The maximum absolute atomic E-state index is 12.3. The Hall–Kier alpha value is -0.290. The highest BCUT2D eigenvalue weighted by Crippen LogP contribution is 2.23. The van der Waals surface area contributed by atoms with Crippen molar-refractivity contribution in [2.75, 3.05) is 25.0 Å².